The molecule has 0 aliphatic rings. The van der Waals surface area contributed by atoms with Gasteiger partial charge in [-0.3, -0.25) is 0 Å². The number of aliphatic hydroxyl groups excluding tert-OH is 1. The van der Waals surface area contributed by atoms with Gasteiger partial charge in [0.15, 0.2) is 0 Å². The van der Waals surface area contributed by atoms with E-state index in [0.717, 1.165) is 12.1 Å². The minimum absolute atomic E-state index is 0.170. The summed E-state index contributed by atoms with van der Waals surface area (Å²) >= 11 is 2.96. The van der Waals surface area contributed by atoms with Crippen LogP contribution >= 0.6 is 15.9 Å². The summed E-state index contributed by atoms with van der Waals surface area (Å²) < 4.78 is 39.6. The molecular formula is C8H7BrF3NO2. The van der Waals surface area contributed by atoms with Crippen LogP contribution in [0.4, 0.5) is 18.9 Å². The number of benzene rings is 1. The number of alkyl halides is 3. The van der Waals surface area contributed by atoms with E-state index in [2.05, 4.69) is 20.7 Å². The number of aliphatic hydroxyl groups is 1. The summed E-state index contributed by atoms with van der Waals surface area (Å²) in [7, 11) is 0. The van der Waals surface area contributed by atoms with Crippen molar-refractivity contribution in [1.82, 2.24) is 0 Å². The molecule has 0 saturated carbocycles. The van der Waals surface area contributed by atoms with E-state index in [1.165, 1.54) is 0 Å². The van der Waals surface area contributed by atoms with Gasteiger partial charge in [0.1, 0.15) is 5.75 Å². The molecule has 7 heteroatoms. The molecule has 0 heterocycles. The van der Waals surface area contributed by atoms with E-state index in [0.29, 0.717) is 0 Å². The lowest BCUT2D eigenvalue weighted by atomic mass is 10.2. The molecule has 15 heavy (non-hydrogen) atoms. The Bertz CT molecular complexity index is 368. The van der Waals surface area contributed by atoms with Crippen LogP contribution in [-0.2, 0) is 6.61 Å². The summed E-state index contributed by atoms with van der Waals surface area (Å²) in [5.74, 6) is -0.423. The number of anilines is 1. The molecule has 3 nitrogen and oxygen atoms in total. The Morgan fingerprint density at radius 2 is 2.00 bits per heavy atom. The second-order valence-electron chi connectivity index (χ2n) is 2.68. The Labute approximate surface area is 91.8 Å². The predicted octanol–water partition coefficient (Wildman–Crippen LogP) is 2.42. The number of ether oxygens (including phenoxy) is 1. The fraction of sp³-hybridized carbons (Fsp3) is 0.250. The first kappa shape index (κ1) is 12.1. The highest BCUT2D eigenvalue weighted by Crippen LogP contribution is 2.32. The van der Waals surface area contributed by atoms with Gasteiger partial charge in [0, 0.05) is 10.0 Å². The maximum Gasteiger partial charge on any atom is 0.573 e. The van der Waals surface area contributed by atoms with Crippen molar-refractivity contribution in [3.05, 3.63) is 22.2 Å². The molecule has 0 bridgehead atoms. The molecule has 1 aromatic rings. The third-order valence-electron chi connectivity index (χ3n) is 1.59. The number of rotatable bonds is 2. The van der Waals surface area contributed by atoms with Gasteiger partial charge in [-0.05, 0) is 28.1 Å². The second kappa shape index (κ2) is 4.28. The molecule has 0 atom stereocenters. The van der Waals surface area contributed by atoms with Crippen LogP contribution in [0.25, 0.3) is 0 Å². The molecule has 3 N–H and O–H groups in total. The SMILES string of the molecule is Nc1c(Br)cc(OC(F)(F)F)cc1CO. The van der Waals surface area contributed by atoms with Crippen LogP contribution < -0.4 is 10.5 Å². The fourth-order valence-corrected chi connectivity index (χ4v) is 1.45. The predicted molar refractivity (Wildman–Crippen MR) is 51.2 cm³/mol. The van der Waals surface area contributed by atoms with Gasteiger partial charge in [-0.1, -0.05) is 0 Å². The van der Waals surface area contributed by atoms with Crippen LogP contribution in [0.2, 0.25) is 0 Å². The van der Waals surface area contributed by atoms with E-state index in [9.17, 15) is 13.2 Å². The van der Waals surface area contributed by atoms with Gasteiger partial charge < -0.3 is 15.6 Å². The Balaban J connectivity index is 3.06. The Morgan fingerprint density at radius 1 is 1.40 bits per heavy atom. The van der Waals surface area contributed by atoms with E-state index in [1.54, 1.807) is 0 Å². The van der Waals surface area contributed by atoms with Crippen LogP contribution in [0.5, 0.6) is 5.75 Å². The lowest BCUT2D eigenvalue weighted by molar-refractivity contribution is -0.274. The van der Waals surface area contributed by atoms with Crippen LogP contribution in [0, 0.1) is 0 Å². The van der Waals surface area contributed by atoms with E-state index >= 15 is 0 Å². The number of nitrogen functional groups attached to an aromatic ring is 1. The van der Waals surface area contributed by atoms with Crippen molar-refractivity contribution in [2.24, 2.45) is 0 Å². The van der Waals surface area contributed by atoms with Gasteiger partial charge in [-0.2, -0.15) is 0 Å². The van der Waals surface area contributed by atoms with Gasteiger partial charge >= 0.3 is 6.36 Å². The molecular weight excluding hydrogens is 279 g/mol. The summed E-state index contributed by atoms with van der Waals surface area (Å²) in [4.78, 5) is 0. The first-order chi connectivity index (χ1) is 6.83. The molecule has 1 rings (SSSR count). The first-order valence-electron chi connectivity index (χ1n) is 3.78. The van der Waals surface area contributed by atoms with Crippen molar-refractivity contribution in [3.8, 4) is 5.75 Å². The van der Waals surface area contributed by atoms with Gasteiger partial charge in [0.2, 0.25) is 0 Å². The molecule has 0 amide bonds. The second-order valence-corrected chi connectivity index (χ2v) is 3.54. The zero-order valence-corrected chi connectivity index (χ0v) is 8.89. The van der Waals surface area contributed by atoms with Crippen molar-refractivity contribution in [2.75, 3.05) is 5.73 Å². The van der Waals surface area contributed by atoms with Crippen LogP contribution in [-0.4, -0.2) is 11.5 Å². The molecule has 84 valence electrons. The lowest BCUT2D eigenvalue weighted by Crippen LogP contribution is -2.17. The van der Waals surface area contributed by atoms with Crippen molar-refractivity contribution in [1.29, 1.82) is 0 Å². The van der Waals surface area contributed by atoms with E-state index in [-0.39, 0.29) is 15.7 Å². The van der Waals surface area contributed by atoms with E-state index < -0.39 is 18.7 Å². The van der Waals surface area contributed by atoms with Crippen LogP contribution in [0.1, 0.15) is 5.56 Å². The molecule has 0 fully saturated rings. The molecule has 0 saturated heterocycles. The molecule has 0 radical (unpaired) electrons. The number of hydrogen-bond acceptors (Lipinski definition) is 3. The van der Waals surface area contributed by atoms with E-state index in [1.807, 2.05) is 0 Å². The van der Waals surface area contributed by atoms with Crippen molar-refractivity contribution >= 4 is 21.6 Å². The molecule has 0 aromatic heterocycles. The summed E-state index contributed by atoms with van der Waals surface area (Å²) in [6.07, 6.45) is -4.76. The minimum atomic E-state index is -4.76. The highest BCUT2D eigenvalue weighted by atomic mass is 79.9. The molecule has 0 spiro atoms. The zero-order chi connectivity index (χ0) is 11.6. The number of hydrogen-bond donors (Lipinski definition) is 2. The Morgan fingerprint density at radius 3 is 2.47 bits per heavy atom. The van der Waals surface area contributed by atoms with Gasteiger partial charge in [-0.15, -0.1) is 13.2 Å². The molecule has 0 aliphatic heterocycles. The average Bonchev–Trinajstić information content (AvgIpc) is 2.08. The quantitative estimate of drug-likeness (QED) is 0.821. The standard InChI is InChI=1S/C8H7BrF3NO2/c9-6-2-5(15-8(10,11)12)1-4(3-14)7(6)13/h1-2,14H,3,13H2. The monoisotopic (exact) mass is 285 g/mol. The Hall–Kier alpha value is -0.950. The summed E-state index contributed by atoms with van der Waals surface area (Å²) in [6, 6.07) is 2.12. The fourth-order valence-electron chi connectivity index (χ4n) is 0.971. The Kier molecular flexibility index (Phi) is 3.46. The first-order valence-corrected chi connectivity index (χ1v) is 4.57. The molecule has 0 unspecified atom stereocenters. The third-order valence-corrected chi connectivity index (χ3v) is 2.25. The molecule has 0 aliphatic carbocycles. The maximum atomic E-state index is 11.9. The summed E-state index contributed by atoms with van der Waals surface area (Å²) in [5.41, 5.74) is 5.84. The summed E-state index contributed by atoms with van der Waals surface area (Å²) in [6.45, 7) is -0.459. The zero-order valence-electron chi connectivity index (χ0n) is 7.31. The number of halogens is 4. The van der Waals surface area contributed by atoms with Crippen LogP contribution in [0.15, 0.2) is 16.6 Å². The van der Waals surface area contributed by atoms with Crippen molar-refractivity contribution < 1.29 is 23.0 Å². The van der Waals surface area contributed by atoms with E-state index in [4.69, 9.17) is 10.8 Å². The number of nitrogens with two attached hydrogens (primary N) is 1. The molecule has 1 aromatic carbocycles. The van der Waals surface area contributed by atoms with Gasteiger partial charge in [0.25, 0.3) is 0 Å². The highest BCUT2D eigenvalue weighted by molar-refractivity contribution is 9.10. The normalized spacial score (nSPS) is 11.5. The topological polar surface area (TPSA) is 55.5 Å². The minimum Gasteiger partial charge on any atom is -0.406 e. The largest absolute Gasteiger partial charge is 0.573 e. The van der Waals surface area contributed by atoms with Crippen LogP contribution in [0.3, 0.4) is 0 Å². The maximum absolute atomic E-state index is 11.9. The third kappa shape index (κ3) is 3.28. The van der Waals surface area contributed by atoms with Crippen molar-refractivity contribution in [3.63, 3.8) is 0 Å². The summed E-state index contributed by atoms with van der Waals surface area (Å²) in [5, 5.41) is 8.83. The lowest BCUT2D eigenvalue weighted by Gasteiger charge is -2.12. The van der Waals surface area contributed by atoms with Crippen molar-refractivity contribution in [2.45, 2.75) is 13.0 Å². The smallest absolute Gasteiger partial charge is 0.406 e. The van der Waals surface area contributed by atoms with Gasteiger partial charge in [-0.25, -0.2) is 0 Å². The highest BCUT2D eigenvalue weighted by Gasteiger charge is 2.31. The average molecular weight is 286 g/mol. The van der Waals surface area contributed by atoms with Gasteiger partial charge in [0.05, 0.1) is 12.3 Å².